The van der Waals surface area contributed by atoms with Crippen LogP contribution in [0.15, 0.2) is 41.3 Å². The lowest BCUT2D eigenvalue weighted by Gasteiger charge is -2.31. The summed E-state index contributed by atoms with van der Waals surface area (Å²) in [7, 11) is -3.64. The van der Waals surface area contributed by atoms with Crippen LogP contribution in [0.25, 0.3) is 0 Å². The highest BCUT2D eigenvalue weighted by molar-refractivity contribution is 7.89. The zero-order valence-corrected chi connectivity index (χ0v) is 17.9. The van der Waals surface area contributed by atoms with E-state index in [1.54, 1.807) is 25.1 Å². The maximum Gasteiger partial charge on any atom is 0.243 e. The van der Waals surface area contributed by atoms with Gasteiger partial charge in [-0.05, 0) is 68.5 Å². The highest BCUT2D eigenvalue weighted by Crippen LogP contribution is 2.28. The van der Waals surface area contributed by atoms with Gasteiger partial charge >= 0.3 is 0 Å². The Hall–Kier alpha value is -1.89. The first-order valence-electron chi connectivity index (χ1n) is 9.33. The third kappa shape index (κ3) is 4.40. The number of nitrogens with zero attached hydrogens (tertiary/aromatic N) is 1. The van der Waals surface area contributed by atoms with Crippen LogP contribution in [0.4, 0.5) is 5.69 Å². The highest BCUT2D eigenvalue weighted by atomic mass is 35.5. The molecule has 1 aliphatic heterocycles. The standard InChI is InChI=1S/C21H25ClN2O3S/c1-14-6-7-16(3)20(11-14)28(26,27)24-10-4-5-17(13-24)21(25)23-19-12-18(22)9-8-15(19)2/h6-9,11-12,17H,4-5,10,13H2,1-3H3,(H,23,25). The quantitative estimate of drug-likeness (QED) is 0.801. The SMILES string of the molecule is Cc1ccc(C)c(S(=O)(=O)N2CCCC(C(=O)Nc3cc(Cl)ccc3C)C2)c1. The summed E-state index contributed by atoms with van der Waals surface area (Å²) >= 11 is 6.03. The number of halogens is 1. The van der Waals surface area contributed by atoms with Gasteiger partial charge < -0.3 is 5.32 Å². The van der Waals surface area contributed by atoms with E-state index in [0.29, 0.717) is 40.6 Å². The van der Waals surface area contributed by atoms with Crippen molar-refractivity contribution in [1.82, 2.24) is 4.31 Å². The molecule has 1 atom stereocenters. The van der Waals surface area contributed by atoms with Gasteiger partial charge in [-0.15, -0.1) is 0 Å². The molecule has 0 radical (unpaired) electrons. The number of hydrogen-bond donors (Lipinski definition) is 1. The summed E-state index contributed by atoms with van der Waals surface area (Å²) in [6.45, 7) is 6.17. The summed E-state index contributed by atoms with van der Waals surface area (Å²) < 4.78 is 27.8. The predicted molar refractivity (Wildman–Crippen MR) is 112 cm³/mol. The molecule has 1 N–H and O–H groups in total. The molecule has 1 fully saturated rings. The topological polar surface area (TPSA) is 66.5 Å². The average Bonchev–Trinajstić information content (AvgIpc) is 2.66. The molecule has 1 unspecified atom stereocenters. The fourth-order valence-corrected chi connectivity index (χ4v) is 5.47. The van der Waals surface area contributed by atoms with Crippen LogP contribution in [-0.2, 0) is 14.8 Å². The number of benzene rings is 2. The molecule has 0 spiro atoms. The van der Waals surface area contributed by atoms with Crippen molar-refractivity contribution in [2.45, 2.75) is 38.5 Å². The van der Waals surface area contributed by atoms with Crippen molar-refractivity contribution in [1.29, 1.82) is 0 Å². The van der Waals surface area contributed by atoms with Gasteiger partial charge in [0.15, 0.2) is 0 Å². The number of carbonyl (C=O) groups is 1. The maximum atomic E-state index is 13.2. The molecule has 0 bridgehead atoms. The van der Waals surface area contributed by atoms with Gasteiger partial charge in [0.2, 0.25) is 15.9 Å². The molecule has 1 saturated heterocycles. The molecule has 0 saturated carbocycles. The third-order valence-electron chi connectivity index (χ3n) is 5.17. The van der Waals surface area contributed by atoms with Crippen molar-refractivity contribution >= 4 is 33.2 Å². The van der Waals surface area contributed by atoms with Crippen molar-refractivity contribution in [3.8, 4) is 0 Å². The molecule has 0 aliphatic carbocycles. The molecule has 0 aromatic heterocycles. The third-order valence-corrected chi connectivity index (χ3v) is 7.42. The Labute approximate surface area is 171 Å². The van der Waals surface area contributed by atoms with E-state index in [-0.39, 0.29) is 12.5 Å². The average molecular weight is 421 g/mol. The molecule has 1 heterocycles. The van der Waals surface area contributed by atoms with Crippen molar-refractivity contribution in [3.05, 3.63) is 58.1 Å². The first kappa shape index (κ1) is 20.8. The van der Waals surface area contributed by atoms with Gasteiger partial charge in [-0.1, -0.05) is 29.8 Å². The van der Waals surface area contributed by atoms with Gasteiger partial charge in [-0.25, -0.2) is 8.42 Å². The Morgan fingerprint density at radius 3 is 2.57 bits per heavy atom. The van der Waals surface area contributed by atoms with Gasteiger partial charge in [0.25, 0.3) is 0 Å². The number of sulfonamides is 1. The number of amides is 1. The summed E-state index contributed by atoms with van der Waals surface area (Å²) in [5.74, 6) is -0.571. The minimum Gasteiger partial charge on any atom is -0.326 e. The zero-order valence-electron chi connectivity index (χ0n) is 16.3. The summed E-state index contributed by atoms with van der Waals surface area (Å²) in [5.41, 5.74) is 3.18. The molecule has 5 nitrogen and oxygen atoms in total. The van der Waals surface area contributed by atoms with Gasteiger partial charge in [-0.2, -0.15) is 4.31 Å². The Bertz CT molecular complexity index is 1000. The number of nitrogens with one attached hydrogen (secondary N) is 1. The Balaban J connectivity index is 1.79. The normalized spacial score (nSPS) is 18.1. The number of piperidine rings is 1. The van der Waals surface area contributed by atoms with Crippen molar-refractivity contribution < 1.29 is 13.2 Å². The number of anilines is 1. The molecule has 150 valence electrons. The Kier molecular flexibility index (Phi) is 6.12. The van der Waals surface area contributed by atoms with E-state index in [2.05, 4.69) is 5.32 Å². The monoisotopic (exact) mass is 420 g/mol. The van der Waals surface area contributed by atoms with Gasteiger partial charge in [0.05, 0.1) is 10.8 Å². The first-order chi connectivity index (χ1) is 13.2. The van der Waals surface area contributed by atoms with Crippen LogP contribution >= 0.6 is 11.6 Å². The van der Waals surface area contributed by atoms with Crippen LogP contribution in [0.5, 0.6) is 0 Å². The Morgan fingerprint density at radius 1 is 1.11 bits per heavy atom. The van der Waals surface area contributed by atoms with Gasteiger partial charge in [0.1, 0.15) is 0 Å². The van der Waals surface area contributed by atoms with E-state index in [0.717, 1.165) is 11.1 Å². The molecule has 7 heteroatoms. The molecule has 1 amide bonds. The summed E-state index contributed by atoms with van der Waals surface area (Å²) in [4.78, 5) is 13.1. The van der Waals surface area contributed by atoms with Crippen LogP contribution in [0.2, 0.25) is 5.02 Å². The van der Waals surface area contributed by atoms with Gasteiger partial charge in [0, 0.05) is 23.8 Å². The van der Waals surface area contributed by atoms with E-state index < -0.39 is 15.9 Å². The second-order valence-corrected chi connectivity index (χ2v) is 9.76. The number of rotatable bonds is 4. The molecular formula is C21H25ClN2O3S. The predicted octanol–water partition coefficient (Wildman–Crippen LogP) is 4.30. The lowest BCUT2D eigenvalue weighted by atomic mass is 9.98. The van der Waals surface area contributed by atoms with E-state index in [9.17, 15) is 13.2 Å². The number of carbonyl (C=O) groups excluding carboxylic acids is 1. The Morgan fingerprint density at radius 2 is 1.82 bits per heavy atom. The minimum absolute atomic E-state index is 0.175. The van der Waals surface area contributed by atoms with Crippen molar-refractivity contribution in [3.63, 3.8) is 0 Å². The summed E-state index contributed by atoms with van der Waals surface area (Å²) in [6.07, 6.45) is 1.31. The van der Waals surface area contributed by atoms with Crippen LogP contribution in [0, 0.1) is 26.7 Å². The van der Waals surface area contributed by atoms with Crippen LogP contribution < -0.4 is 5.32 Å². The largest absolute Gasteiger partial charge is 0.326 e. The fourth-order valence-electron chi connectivity index (χ4n) is 3.46. The first-order valence-corrected chi connectivity index (χ1v) is 11.1. The number of aryl methyl sites for hydroxylation is 3. The minimum atomic E-state index is -3.64. The lowest BCUT2D eigenvalue weighted by molar-refractivity contribution is -0.120. The van der Waals surface area contributed by atoms with E-state index >= 15 is 0 Å². The molecule has 3 rings (SSSR count). The molecule has 2 aromatic carbocycles. The van der Waals surface area contributed by atoms with E-state index in [1.165, 1.54) is 4.31 Å². The number of hydrogen-bond acceptors (Lipinski definition) is 3. The van der Waals surface area contributed by atoms with E-state index in [1.807, 2.05) is 32.0 Å². The molecule has 28 heavy (non-hydrogen) atoms. The van der Waals surface area contributed by atoms with Crippen molar-refractivity contribution in [2.24, 2.45) is 5.92 Å². The van der Waals surface area contributed by atoms with Crippen molar-refractivity contribution in [2.75, 3.05) is 18.4 Å². The second kappa shape index (κ2) is 8.23. The maximum absolute atomic E-state index is 13.2. The summed E-state index contributed by atoms with van der Waals surface area (Å²) in [6, 6.07) is 10.7. The highest BCUT2D eigenvalue weighted by Gasteiger charge is 2.34. The van der Waals surface area contributed by atoms with Crippen LogP contribution in [0.3, 0.4) is 0 Å². The van der Waals surface area contributed by atoms with E-state index in [4.69, 9.17) is 11.6 Å². The van der Waals surface area contributed by atoms with Crippen LogP contribution in [-0.4, -0.2) is 31.7 Å². The summed E-state index contributed by atoms with van der Waals surface area (Å²) in [5, 5.41) is 3.45. The second-order valence-electron chi connectivity index (χ2n) is 7.42. The zero-order chi connectivity index (χ0) is 20.5. The molecule has 1 aliphatic rings. The molecular weight excluding hydrogens is 396 g/mol. The lowest BCUT2D eigenvalue weighted by Crippen LogP contribution is -2.43. The van der Waals surface area contributed by atoms with Crippen LogP contribution in [0.1, 0.15) is 29.5 Å². The molecule has 2 aromatic rings. The van der Waals surface area contributed by atoms with Gasteiger partial charge in [-0.3, -0.25) is 4.79 Å². The fraction of sp³-hybridized carbons (Fsp3) is 0.381. The smallest absolute Gasteiger partial charge is 0.243 e.